The molecule has 2 aromatic heterocycles. The summed E-state index contributed by atoms with van der Waals surface area (Å²) in [6, 6.07) is 1.22. The number of hydrogen-bond donors (Lipinski definition) is 3. The van der Waals surface area contributed by atoms with Gasteiger partial charge in [0.05, 0.1) is 17.3 Å². The van der Waals surface area contributed by atoms with Crippen LogP contribution in [0.2, 0.25) is 0 Å². The quantitative estimate of drug-likeness (QED) is 0.617. The molecule has 2 heterocycles. The maximum absolute atomic E-state index is 13.3. The lowest BCUT2D eigenvalue weighted by atomic mass is 9.96. The highest BCUT2D eigenvalue weighted by molar-refractivity contribution is 7.32. The molecule has 2 atom stereocenters. The van der Waals surface area contributed by atoms with Crippen molar-refractivity contribution in [3.8, 4) is 0 Å². The van der Waals surface area contributed by atoms with E-state index < -0.39 is 19.6 Å². The van der Waals surface area contributed by atoms with E-state index in [9.17, 15) is 8.96 Å². The van der Waals surface area contributed by atoms with E-state index in [0.29, 0.717) is 17.8 Å². The smallest absolute Gasteiger partial charge is 0.368 e. The second kappa shape index (κ2) is 7.74. The maximum atomic E-state index is 13.3. The summed E-state index contributed by atoms with van der Waals surface area (Å²) < 4.78 is 29.1. The van der Waals surface area contributed by atoms with E-state index in [2.05, 4.69) is 20.3 Å². The van der Waals surface area contributed by atoms with Gasteiger partial charge in [-0.1, -0.05) is 19.8 Å². The molecule has 1 unspecified atom stereocenters. The number of fused-ring (bicyclic) bond motifs is 1. The molecule has 4 N–H and O–H groups in total. The molecule has 24 heavy (non-hydrogen) atoms. The Hall–Kier alpha value is -1.96. The fraction of sp³-hybridized carbons (Fsp3) is 0.500. The highest BCUT2D eigenvalue weighted by Gasteiger charge is 2.30. The minimum Gasteiger partial charge on any atom is -0.368 e. The average molecular weight is 356 g/mol. The normalized spacial score (nSPS) is 14.4. The second-order valence-electron chi connectivity index (χ2n) is 5.75. The van der Waals surface area contributed by atoms with Crippen molar-refractivity contribution >= 4 is 31.1 Å². The van der Waals surface area contributed by atoms with E-state index in [1.807, 2.05) is 13.8 Å². The lowest BCUT2D eigenvalue weighted by Gasteiger charge is -2.29. The summed E-state index contributed by atoms with van der Waals surface area (Å²) in [5, 5.41) is 3.17. The van der Waals surface area contributed by atoms with Crippen LogP contribution in [-0.4, -0.2) is 32.0 Å². The van der Waals surface area contributed by atoms with Crippen molar-refractivity contribution in [1.82, 2.24) is 15.0 Å². The second-order valence-corrected chi connectivity index (χ2v) is 6.49. The van der Waals surface area contributed by atoms with Gasteiger partial charge in [-0.25, -0.2) is 14.4 Å². The monoisotopic (exact) mass is 356 g/mol. The van der Waals surface area contributed by atoms with Gasteiger partial charge < -0.3 is 11.1 Å². The fourth-order valence-electron chi connectivity index (χ4n) is 2.32. The van der Waals surface area contributed by atoms with E-state index in [0.717, 1.165) is 19.0 Å². The van der Waals surface area contributed by atoms with Crippen LogP contribution in [0.4, 0.5) is 16.2 Å². The number of nitrogens with two attached hydrogens (primary N) is 1. The van der Waals surface area contributed by atoms with Crippen LogP contribution in [0.25, 0.3) is 11.0 Å². The van der Waals surface area contributed by atoms with Crippen molar-refractivity contribution in [1.29, 1.82) is 0 Å². The first-order chi connectivity index (χ1) is 11.3. The van der Waals surface area contributed by atoms with Gasteiger partial charge in [0.1, 0.15) is 17.9 Å². The van der Waals surface area contributed by atoms with Crippen LogP contribution in [0.3, 0.4) is 0 Å². The predicted molar refractivity (Wildman–Crippen MR) is 89.0 cm³/mol. The molecule has 10 heteroatoms. The van der Waals surface area contributed by atoms with Crippen molar-refractivity contribution in [3.63, 3.8) is 0 Å². The van der Waals surface area contributed by atoms with Gasteiger partial charge in [0.2, 0.25) is 5.95 Å². The molecule has 2 aromatic rings. The average Bonchev–Trinajstić information content (AvgIpc) is 2.50. The van der Waals surface area contributed by atoms with Gasteiger partial charge >= 0.3 is 8.25 Å². The number of rotatable bonds is 8. The third-order valence-electron chi connectivity index (χ3n) is 3.52. The lowest BCUT2D eigenvalue weighted by Crippen LogP contribution is -2.39. The third-order valence-corrected chi connectivity index (χ3v) is 3.87. The van der Waals surface area contributed by atoms with Crippen molar-refractivity contribution in [2.24, 2.45) is 0 Å². The first-order valence-corrected chi connectivity index (χ1v) is 8.62. The molecule has 0 aliphatic carbocycles. The van der Waals surface area contributed by atoms with Gasteiger partial charge in [-0.2, -0.15) is 4.98 Å². The Labute approximate surface area is 139 Å². The Morgan fingerprint density at radius 2 is 2.25 bits per heavy atom. The SMILES string of the molecule is CCCC[C@](C)(CO[P+](=O)O)Nc1nc(N)nc2cc(F)cnc12. The van der Waals surface area contributed by atoms with E-state index in [1.54, 1.807) is 0 Å². The molecule has 0 aliphatic heterocycles. The van der Waals surface area contributed by atoms with Crippen LogP contribution in [-0.2, 0) is 9.09 Å². The number of nitrogen functional groups attached to an aromatic ring is 1. The summed E-state index contributed by atoms with van der Waals surface area (Å²) >= 11 is 0. The first kappa shape index (κ1) is 18.4. The summed E-state index contributed by atoms with van der Waals surface area (Å²) in [5.41, 5.74) is 5.65. The summed E-state index contributed by atoms with van der Waals surface area (Å²) in [7, 11) is -2.71. The Balaban J connectivity index is 2.37. The van der Waals surface area contributed by atoms with Crippen molar-refractivity contribution < 1.29 is 18.4 Å². The molecule has 0 fully saturated rings. The highest BCUT2D eigenvalue weighted by atomic mass is 31.1. The molecule has 0 radical (unpaired) electrons. The van der Waals surface area contributed by atoms with Crippen LogP contribution in [0, 0.1) is 5.82 Å². The molecule has 2 rings (SSSR count). The minimum atomic E-state index is -2.71. The largest absolute Gasteiger partial charge is 0.694 e. The summed E-state index contributed by atoms with van der Waals surface area (Å²) in [6.45, 7) is 3.87. The molecular weight excluding hydrogens is 336 g/mol. The summed E-state index contributed by atoms with van der Waals surface area (Å²) in [4.78, 5) is 21.0. The first-order valence-electron chi connectivity index (χ1n) is 7.49. The Kier molecular flexibility index (Phi) is 5.93. The van der Waals surface area contributed by atoms with Crippen molar-refractivity contribution in [2.75, 3.05) is 17.7 Å². The number of nitrogens with zero attached hydrogens (tertiary/aromatic N) is 3. The van der Waals surface area contributed by atoms with Crippen LogP contribution >= 0.6 is 8.25 Å². The number of nitrogens with one attached hydrogen (secondary N) is 1. The minimum absolute atomic E-state index is 0.00863. The van der Waals surface area contributed by atoms with Crippen LogP contribution in [0.1, 0.15) is 33.1 Å². The van der Waals surface area contributed by atoms with E-state index in [1.165, 1.54) is 6.07 Å². The summed E-state index contributed by atoms with van der Waals surface area (Å²) in [5.74, 6) is -0.224. The standard InChI is InChI=1S/C14H19FN5O3P/c1-3-4-5-14(2,8-23-24(21)22)20-12-11-10(18-13(16)19-12)6-9(15)7-17-11/h6-7H,3-5,8H2,1-2H3,(H3-,16,18,19,20,21,22)/p+1/t14-/m1/s1. The molecule has 0 spiro atoms. The topological polar surface area (TPSA) is 123 Å². The Morgan fingerprint density at radius 1 is 1.50 bits per heavy atom. The maximum Gasteiger partial charge on any atom is 0.694 e. The van der Waals surface area contributed by atoms with Crippen molar-refractivity contribution in [3.05, 3.63) is 18.1 Å². The molecule has 0 saturated heterocycles. The van der Waals surface area contributed by atoms with Gasteiger partial charge in [0.15, 0.2) is 5.82 Å². The van der Waals surface area contributed by atoms with Crippen LogP contribution < -0.4 is 11.1 Å². The zero-order valence-electron chi connectivity index (χ0n) is 13.5. The molecule has 0 saturated carbocycles. The Bertz CT molecular complexity index is 742. The van der Waals surface area contributed by atoms with Crippen molar-refractivity contribution in [2.45, 2.75) is 38.6 Å². The molecular formula is C14H20FN5O3P+. The van der Waals surface area contributed by atoms with Gasteiger partial charge in [0.25, 0.3) is 0 Å². The van der Waals surface area contributed by atoms with E-state index in [4.69, 9.17) is 15.2 Å². The summed E-state index contributed by atoms with van der Waals surface area (Å²) in [6.07, 6.45) is 3.55. The van der Waals surface area contributed by atoms with Crippen LogP contribution in [0.15, 0.2) is 12.3 Å². The molecule has 8 nitrogen and oxygen atoms in total. The Morgan fingerprint density at radius 3 is 2.92 bits per heavy atom. The van der Waals surface area contributed by atoms with Gasteiger partial charge in [-0.15, -0.1) is 9.42 Å². The molecule has 0 amide bonds. The number of aromatic nitrogens is 3. The molecule has 0 bridgehead atoms. The van der Waals surface area contributed by atoms with Gasteiger partial charge in [-0.05, 0) is 13.3 Å². The van der Waals surface area contributed by atoms with E-state index >= 15 is 0 Å². The highest BCUT2D eigenvalue weighted by Crippen LogP contribution is 2.28. The predicted octanol–water partition coefficient (Wildman–Crippen LogP) is 2.77. The molecule has 130 valence electrons. The number of anilines is 2. The lowest BCUT2D eigenvalue weighted by molar-refractivity contribution is 0.218. The number of unbranched alkanes of at least 4 members (excludes halogenated alkanes) is 1. The zero-order valence-corrected chi connectivity index (χ0v) is 14.4. The van der Waals surface area contributed by atoms with Crippen LogP contribution in [0.5, 0.6) is 0 Å². The molecule has 0 aromatic carbocycles. The van der Waals surface area contributed by atoms with Gasteiger partial charge in [0, 0.05) is 10.6 Å². The van der Waals surface area contributed by atoms with Gasteiger partial charge in [-0.3, -0.25) is 0 Å². The zero-order chi connectivity index (χ0) is 17.7. The van der Waals surface area contributed by atoms with E-state index in [-0.39, 0.29) is 18.1 Å². The number of halogens is 1. The fourth-order valence-corrected chi connectivity index (χ4v) is 2.72. The third kappa shape index (κ3) is 4.77. The number of hydrogen-bond acceptors (Lipinski definition) is 7. The number of pyridine rings is 1. The molecule has 0 aliphatic rings.